The van der Waals surface area contributed by atoms with Gasteiger partial charge in [0.05, 0.1) is 18.3 Å². The molecule has 0 N–H and O–H groups in total. The van der Waals surface area contributed by atoms with Gasteiger partial charge in [-0.3, -0.25) is 9.29 Å². The summed E-state index contributed by atoms with van der Waals surface area (Å²) in [5.41, 5.74) is 0.570. The number of rotatable bonds is 8. The molecule has 0 saturated carbocycles. The van der Waals surface area contributed by atoms with Crippen molar-refractivity contribution >= 4 is 15.7 Å². The first kappa shape index (κ1) is 21.0. The number of sulfonamides is 1. The molecule has 0 saturated heterocycles. The minimum atomic E-state index is -4.85. The van der Waals surface area contributed by atoms with Crippen molar-refractivity contribution in [2.75, 3.05) is 10.1 Å². The Morgan fingerprint density at radius 3 is 2.56 bits per heavy atom. The summed E-state index contributed by atoms with van der Waals surface area (Å²) in [6.07, 6.45) is -1.32. The van der Waals surface area contributed by atoms with Gasteiger partial charge in [0.2, 0.25) is 10.0 Å². The summed E-state index contributed by atoms with van der Waals surface area (Å²) in [4.78, 5) is 3.89. The van der Waals surface area contributed by atoms with Crippen LogP contribution in [0.5, 0.6) is 5.75 Å². The second-order valence-electron chi connectivity index (χ2n) is 6.07. The molecule has 0 amide bonds. The standard InChI is InChI=1S/C18H21F3N2O3S/c1-3-14(2)26-17-8-4-7-16(10-17)23(12-15-6-5-9-22-11-15)27(24,25)13-18(19,20)21/h4-11,14H,3,12-13H2,1-2H3. The Bertz CT molecular complexity index is 842. The van der Waals surface area contributed by atoms with Gasteiger partial charge in [0.1, 0.15) is 5.75 Å². The van der Waals surface area contributed by atoms with Gasteiger partial charge in [0.25, 0.3) is 0 Å². The molecule has 2 rings (SSSR count). The third kappa shape index (κ3) is 6.42. The van der Waals surface area contributed by atoms with Crippen molar-refractivity contribution < 1.29 is 26.3 Å². The Morgan fingerprint density at radius 1 is 1.22 bits per heavy atom. The van der Waals surface area contributed by atoms with E-state index >= 15 is 0 Å². The third-order valence-corrected chi connectivity index (χ3v) is 5.45. The van der Waals surface area contributed by atoms with E-state index < -0.39 is 22.0 Å². The van der Waals surface area contributed by atoms with Gasteiger partial charge >= 0.3 is 6.18 Å². The summed E-state index contributed by atoms with van der Waals surface area (Å²) in [6.45, 7) is 3.51. The van der Waals surface area contributed by atoms with Crippen molar-refractivity contribution in [3.8, 4) is 5.75 Å². The lowest BCUT2D eigenvalue weighted by Crippen LogP contribution is -2.37. The predicted octanol–water partition coefficient (Wildman–Crippen LogP) is 4.16. The molecule has 0 aliphatic rings. The molecule has 1 aromatic heterocycles. The van der Waals surface area contributed by atoms with E-state index in [4.69, 9.17) is 4.74 Å². The largest absolute Gasteiger partial charge is 0.491 e. The van der Waals surface area contributed by atoms with Gasteiger partial charge in [0.15, 0.2) is 5.75 Å². The van der Waals surface area contributed by atoms with Crippen LogP contribution in [0.25, 0.3) is 0 Å². The molecule has 0 bridgehead atoms. The zero-order valence-corrected chi connectivity index (χ0v) is 15.8. The van der Waals surface area contributed by atoms with Gasteiger partial charge in [0, 0.05) is 18.5 Å². The zero-order chi connectivity index (χ0) is 20.1. The van der Waals surface area contributed by atoms with Crippen molar-refractivity contribution in [1.29, 1.82) is 0 Å². The SMILES string of the molecule is CCC(C)Oc1cccc(N(Cc2cccnc2)S(=O)(=O)CC(F)(F)F)c1. The molecule has 27 heavy (non-hydrogen) atoms. The summed E-state index contributed by atoms with van der Waals surface area (Å²) >= 11 is 0. The quantitative estimate of drug-likeness (QED) is 0.665. The molecule has 148 valence electrons. The number of benzene rings is 1. The summed E-state index contributed by atoms with van der Waals surface area (Å²) in [5, 5.41) is 0. The normalized spacial score (nSPS) is 13.2. The highest BCUT2D eigenvalue weighted by Gasteiger charge is 2.38. The van der Waals surface area contributed by atoms with Crippen LogP contribution in [0.2, 0.25) is 0 Å². The second kappa shape index (κ2) is 8.60. The highest BCUT2D eigenvalue weighted by atomic mass is 32.2. The molecule has 2 aromatic rings. The maximum Gasteiger partial charge on any atom is 0.404 e. The highest BCUT2D eigenvalue weighted by molar-refractivity contribution is 7.92. The van der Waals surface area contributed by atoms with Gasteiger partial charge < -0.3 is 4.74 Å². The first-order valence-electron chi connectivity index (χ1n) is 8.33. The van der Waals surface area contributed by atoms with Gasteiger partial charge in [-0.15, -0.1) is 0 Å². The van der Waals surface area contributed by atoms with E-state index in [0.717, 1.165) is 10.7 Å². The van der Waals surface area contributed by atoms with E-state index in [0.29, 0.717) is 11.3 Å². The first-order chi connectivity index (χ1) is 12.6. The van der Waals surface area contributed by atoms with Crippen LogP contribution in [0.3, 0.4) is 0 Å². The Balaban J connectivity index is 2.42. The smallest absolute Gasteiger partial charge is 0.404 e. The number of alkyl halides is 3. The lowest BCUT2D eigenvalue weighted by molar-refractivity contribution is -0.106. The van der Waals surface area contributed by atoms with Crippen molar-refractivity contribution in [3.05, 3.63) is 54.4 Å². The van der Waals surface area contributed by atoms with Crippen molar-refractivity contribution in [3.63, 3.8) is 0 Å². The topological polar surface area (TPSA) is 59.5 Å². The average Bonchev–Trinajstić information content (AvgIpc) is 2.58. The van der Waals surface area contributed by atoms with Crippen LogP contribution in [-0.4, -0.2) is 31.4 Å². The van der Waals surface area contributed by atoms with Crippen LogP contribution >= 0.6 is 0 Å². The van der Waals surface area contributed by atoms with Crippen LogP contribution in [0.4, 0.5) is 18.9 Å². The monoisotopic (exact) mass is 402 g/mol. The number of nitrogens with zero attached hydrogens (tertiary/aromatic N) is 2. The van der Waals surface area contributed by atoms with E-state index in [1.165, 1.54) is 24.5 Å². The zero-order valence-electron chi connectivity index (χ0n) is 15.0. The van der Waals surface area contributed by atoms with Crippen molar-refractivity contribution in [2.24, 2.45) is 0 Å². The number of anilines is 1. The van der Waals surface area contributed by atoms with Crippen LogP contribution in [-0.2, 0) is 16.6 Å². The molecular weight excluding hydrogens is 381 g/mol. The van der Waals surface area contributed by atoms with E-state index in [9.17, 15) is 21.6 Å². The number of hydrogen-bond donors (Lipinski definition) is 0. The minimum Gasteiger partial charge on any atom is -0.491 e. The molecular formula is C18H21F3N2O3S. The summed E-state index contributed by atoms with van der Waals surface area (Å²) < 4.78 is 69.8. The molecule has 0 spiro atoms. The van der Waals surface area contributed by atoms with Crippen LogP contribution < -0.4 is 9.04 Å². The molecule has 1 unspecified atom stereocenters. The molecule has 0 aliphatic carbocycles. The summed E-state index contributed by atoms with van der Waals surface area (Å²) in [6, 6.07) is 9.24. The van der Waals surface area contributed by atoms with Crippen LogP contribution in [0, 0.1) is 0 Å². The summed E-state index contributed by atoms with van der Waals surface area (Å²) in [5.74, 6) is -1.56. The molecule has 1 heterocycles. The molecule has 0 aliphatic heterocycles. The van der Waals surface area contributed by atoms with Gasteiger partial charge in [-0.05, 0) is 37.1 Å². The number of hydrogen-bond acceptors (Lipinski definition) is 4. The van der Waals surface area contributed by atoms with E-state index in [-0.39, 0.29) is 18.3 Å². The molecule has 1 atom stereocenters. The maximum absolute atomic E-state index is 12.8. The van der Waals surface area contributed by atoms with Crippen molar-refractivity contribution in [1.82, 2.24) is 4.98 Å². The van der Waals surface area contributed by atoms with E-state index in [1.807, 2.05) is 13.8 Å². The molecule has 0 fully saturated rings. The number of aromatic nitrogens is 1. The average molecular weight is 402 g/mol. The first-order valence-corrected chi connectivity index (χ1v) is 9.94. The number of halogens is 3. The molecule has 1 aromatic carbocycles. The Hall–Kier alpha value is -2.29. The fraction of sp³-hybridized carbons (Fsp3) is 0.389. The van der Waals surface area contributed by atoms with Crippen LogP contribution in [0.15, 0.2) is 48.8 Å². The lowest BCUT2D eigenvalue weighted by atomic mass is 10.2. The molecule has 0 radical (unpaired) electrons. The minimum absolute atomic E-state index is 0.101. The fourth-order valence-electron chi connectivity index (χ4n) is 2.32. The predicted molar refractivity (Wildman–Crippen MR) is 97.1 cm³/mol. The Morgan fingerprint density at radius 2 is 1.96 bits per heavy atom. The van der Waals surface area contributed by atoms with Gasteiger partial charge in [-0.2, -0.15) is 13.2 Å². The number of pyridine rings is 1. The maximum atomic E-state index is 12.8. The Kier molecular flexibility index (Phi) is 6.69. The molecule has 5 nitrogen and oxygen atoms in total. The van der Waals surface area contributed by atoms with Crippen LogP contribution in [0.1, 0.15) is 25.8 Å². The lowest BCUT2D eigenvalue weighted by Gasteiger charge is -2.26. The van der Waals surface area contributed by atoms with Gasteiger partial charge in [-0.25, -0.2) is 8.42 Å². The molecule has 9 heteroatoms. The Labute approximate surface area is 156 Å². The van der Waals surface area contributed by atoms with Gasteiger partial charge in [-0.1, -0.05) is 19.1 Å². The third-order valence-electron chi connectivity index (χ3n) is 3.75. The highest BCUT2D eigenvalue weighted by Crippen LogP contribution is 2.29. The summed E-state index contributed by atoms with van der Waals surface area (Å²) in [7, 11) is -4.66. The van der Waals surface area contributed by atoms with E-state index in [1.54, 1.807) is 24.3 Å². The number of ether oxygens (including phenoxy) is 1. The van der Waals surface area contributed by atoms with E-state index in [2.05, 4.69) is 4.98 Å². The second-order valence-corrected chi connectivity index (χ2v) is 7.97. The fourth-order valence-corrected chi connectivity index (χ4v) is 3.67. The van der Waals surface area contributed by atoms with Crippen molar-refractivity contribution in [2.45, 2.75) is 39.1 Å².